The topological polar surface area (TPSA) is 28.7 Å². The molecule has 0 aliphatic heterocycles. The van der Waals surface area contributed by atoms with Crippen LogP contribution in [0.1, 0.15) is 5.56 Å². The van der Waals surface area contributed by atoms with Crippen molar-refractivity contribution < 1.29 is 0 Å². The minimum absolute atomic E-state index is 0.898. The van der Waals surface area contributed by atoms with Crippen molar-refractivity contribution in [2.45, 2.75) is 0 Å². The molecule has 82 valence electrons. The van der Waals surface area contributed by atoms with Gasteiger partial charge in [0.15, 0.2) is 0 Å². The van der Waals surface area contributed by atoms with E-state index in [1.54, 1.807) is 0 Å². The number of rotatable bonds is 2. The normalized spacial score (nSPS) is 10.6. The maximum atomic E-state index is 4.63. The Hall–Kier alpha value is -2.35. The van der Waals surface area contributed by atoms with Gasteiger partial charge in [0.2, 0.25) is 0 Å². The van der Waals surface area contributed by atoms with Crippen molar-refractivity contribution in [1.82, 2.24) is 9.97 Å². The van der Waals surface area contributed by atoms with Crippen LogP contribution >= 0.6 is 0 Å². The highest BCUT2D eigenvalue weighted by molar-refractivity contribution is 5.87. The van der Waals surface area contributed by atoms with Gasteiger partial charge in [-0.15, -0.1) is 0 Å². The van der Waals surface area contributed by atoms with Crippen molar-refractivity contribution in [2.24, 2.45) is 0 Å². The van der Waals surface area contributed by atoms with E-state index < -0.39 is 0 Å². The van der Waals surface area contributed by atoms with E-state index in [-0.39, 0.29) is 0 Å². The lowest BCUT2D eigenvalue weighted by molar-refractivity contribution is 1.34. The van der Waals surface area contributed by atoms with Gasteiger partial charge in [-0.05, 0) is 6.07 Å². The molecule has 0 fully saturated rings. The molecule has 0 aliphatic carbocycles. The molecule has 0 atom stereocenters. The zero-order chi connectivity index (χ0) is 11.7. The summed E-state index contributed by atoms with van der Waals surface area (Å²) in [6, 6.07) is 16.2. The maximum absolute atomic E-state index is 4.63. The van der Waals surface area contributed by atoms with Crippen molar-refractivity contribution in [3.63, 3.8) is 0 Å². The van der Waals surface area contributed by atoms with E-state index in [0.29, 0.717) is 0 Å². The number of nitrogens with one attached hydrogen (secondary N) is 1. The van der Waals surface area contributed by atoms with Gasteiger partial charge >= 0.3 is 0 Å². The van der Waals surface area contributed by atoms with Crippen molar-refractivity contribution in [1.29, 1.82) is 0 Å². The fraction of sp³-hybridized carbons (Fsp3) is 0. The van der Waals surface area contributed by atoms with Gasteiger partial charge in [0, 0.05) is 11.1 Å². The summed E-state index contributed by atoms with van der Waals surface area (Å²) in [4.78, 5) is 7.95. The van der Waals surface area contributed by atoms with Crippen molar-refractivity contribution >= 4 is 17.1 Å². The molecule has 3 rings (SSSR count). The molecule has 0 spiro atoms. The zero-order valence-corrected chi connectivity index (χ0v) is 9.35. The van der Waals surface area contributed by atoms with Crippen LogP contribution in [0, 0.1) is 0 Å². The number of H-pyrrole nitrogens is 1. The van der Waals surface area contributed by atoms with Crippen LogP contribution in [0.4, 0.5) is 0 Å². The molecule has 0 saturated carbocycles. The van der Waals surface area contributed by atoms with Crippen LogP contribution in [0.25, 0.3) is 28.5 Å². The Morgan fingerprint density at radius 3 is 2.59 bits per heavy atom. The zero-order valence-electron chi connectivity index (χ0n) is 9.35. The number of hydrogen-bond donors (Lipinski definition) is 1. The third-order valence-corrected chi connectivity index (χ3v) is 2.81. The number of hydrogen-bond acceptors (Lipinski definition) is 1. The van der Waals surface area contributed by atoms with Gasteiger partial charge in [-0.25, -0.2) is 4.98 Å². The average molecular weight is 220 g/mol. The predicted octanol–water partition coefficient (Wildman–Crippen LogP) is 3.87. The molecule has 17 heavy (non-hydrogen) atoms. The van der Waals surface area contributed by atoms with Gasteiger partial charge in [-0.3, -0.25) is 0 Å². The molecule has 1 N–H and O–H groups in total. The lowest BCUT2D eigenvalue weighted by atomic mass is 10.2. The average Bonchev–Trinajstić information content (AvgIpc) is 2.83. The van der Waals surface area contributed by atoms with Crippen LogP contribution < -0.4 is 0 Å². The summed E-state index contributed by atoms with van der Waals surface area (Å²) in [7, 11) is 0. The van der Waals surface area contributed by atoms with E-state index in [2.05, 4.69) is 16.5 Å². The molecule has 0 radical (unpaired) electrons. The number of benzene rings is 2. The van der Waals surface area contributed by atoms with Crippen LogP contribution in [0.15, 0.2) is 55.1 Å². The van der Waals surface area contributed by atoms with E-state index in [9.17, 15) is 0 Å². The Labute approximate surface area is 99.6 Å². The van der Waals surface area contributed by atoms with Gasteiger partial charge in [0.25, 0.3) is 0 Å². The number of imidazole rings is 1. The molecule has 1 heterocycles. The second kappa shape index (κ2) is 3.91. The molecule has 0 saturated heterocycles. The van der Waals surface area contributed by atoms with Gasteiger partial charge in [-0.2, -0.15) is 0 Å². The predicted molar refractivity (Wildman–Crippen MR) is 71.6 cm³/mol. The number of para-hydroxylation sites is 1. The highest BCUT2D eigenvalue weighted by atomic mass is 14.9. The quantitative estimate of drug-likeness (QED) is 0.697. The molecule has 2 aromatic carbocycles. The molecule has 1 aromatic heterocycles. The van der Waals surface area contributed by atoms with Crippen LogP contribution in [-0.4, -0.2) is 9.97 Å². The van der Waals surface area contributed by atoms with E-state index >= 15 is 0 Å². The highest BCUT2D eigenvalue weighted by Gasteiger charge is 2.06. The number of fused-ring (bicyclic) bond motifs is 1. The van der Waals surface area contributed by atoms with E-state index in [1.165, 1.54) is 0 Å². The Morgan fingerprint density at radius 1 is 1.00 bits per heavy atom. The summed E-state index contributed by atoms with van der Waals surface area (Å²) in [6.45, 7) is 3.81. The molecular weight excluding hydrogens is 208 g/mol. The summed E-state index contributed by atoms with van der Waals surface area (Å²) in [5.74, 6) is 0.898. The Balaban J connectivity index is 2.24. The van der Waals surface area contributed by atoms with Gasteiger partial charge < -0.3 is 4.98 Å². The van der Waals surface area contributed by atoms with Crippen LogP contribution in [0.3, 0.4) is 0 Å². The number of aromatic nitrogens is 2. The van der Waals surface area contributed by atoms with Crippen LogP contribution in [0.2, 0.25) is 0 Å². The summed E-state index contributed by atoms with van der Waals surface area (Å²) in [5.41, 5.74) is 4.17. The van der Waals surface area contributed by atoms with E-state index in [4.69, 9.17) is 0 Å². The first-order chi connectivity index (χ1) is 8.38. The summed E-state index contributed by atoms with van der Waals surface area (Å²) in [5, 5.41) is 0. The van der Waals surface area contributed by atoms with Crippen molar-refractivity contribution in [3.05, 3.63) is 60.7 Å². The third-order valence-electron chi connectivity index (χ3n) is 2.81. The standard InChI is InChI=1S/C15H12N2/c1-2-11-9-6-10-13-14(11)17-15(16-13)12-7-4-3-5-8-12/h2-10H,1H2,(H,16,17). The second-order valence-electron chi connectivity index (χ2n) is 3.90. The first-order valence-corrected chi connectivity index (χ1v) is 5.55. The SMILES string of the molecule is C=Cc1cccc2[nH]c(-c3ccccc3)nc12. The maximum Gasteiger partial charge on any atom is 0.138 e. The lowest BCUT2D eigenvalue weighted by Gasteiger charge is -1.93. The van der Waals surface area contributed by atoms with E-state index in [0.717, 1.165) is 28.0 Å². The van der Waals surface area contributed by atoms with Crippen LogP contribution in [-0.2, 0) is 0 Å². The van der Waals surface area contributed by atoms with E-state index in [1.807, 2.05) is 54.6 Å². The molecule has 3 aromatic rings. The molecule has 0 unspecified atom stereocenters. The van der Waals surface area contributed by atoms with Crippen molar-refractivity contribution in [2.75, 3.05) is 0 Å². The fourth-order valence-electron chi connectivity index (χ4n) is 1.95. The fourth-order valence-corrected chi connectivity index (χ4v) is 1.95. The monoisotopic (exact) mass is 220 g/mol. The Morgan fingerprint density at radius 2 is 1.82 bits per heavy atom. The molecule has 0 amide bonds. The second-order valence-corrected chi connectivity index (χ2v) is 3.90. The number of aromatic amines is 1. The Bertz CT molecular complexity index is 666. The minimum Gasteiger partial charge on any atom is -0.338 e. The largest absolute Gasteiger partial charge is 0.338 e. The van der Waals surface area contributed by atoms with Crippen LogP contribution in [0.5, 0.6) is 0 Å². The highest BCUT2D eigenvalue weighted by Crippen LogP contribution is 2.22. The summed E-state index contributed by atoms with van der Waals surface area (Å²) >= 11 is 0. The van der Waals surface area contributed by atoms with Gasteiger partial charge in [0.1, 0.15) is 5.82 Å². The minimum atomic E-state index is 0.898. The third kappa shape index (κ3) is 1.64. The van der Waals surface area contributed by atoms with Crippen molar-refractivity contribution in [3.8, 4) is 11.4 Å². The lowest BCUT2D eigenvalue weighted by Crippen LogP contribution is -1.78. The molecule has 0 bridgehead atoms. The van der Waals surface area contributed by atoms with Gasteiger partial charge in [0.05, 0.1) is 11.0 Å². The van der Waals surface area contributed by atoms with Gasteiger partial charge in [-0.1, -0.05) is 55.1 Å². The molecule has 2 nitrogen and oxygen atoms in total. The smallest absolute Gasteiger partial charge is 0.138 e. The Kier molecular flexibility index (Phi) is 2.26. The number of nitrogens with zero attached hydrogens (tertiary/aromatic N) is 1. The summed E-state index contributed by atoms with van der Waals surface area (Å²) < 4.78 is 0. The first-order valence-electron chi connectivity index (χ1n) is 5.55. The molecule has 2 heteroatoms. The first kappa shape index (κ1) is 9.85. The summed E-state index contributed by atoms with van der Waals surface area (Å²) in [6.07, 6.45) is 1.83. The molecule has 0 aliphatic rings. The molecular formula is C15H12N2.